The van der Waals surface area contributed by atoms with Crippen molar-refractivity contribution in [2.24, 2.45) is 7.05 Å². The number of fused-ring (bicyclic) bond motifs is 1. The summed E-state index contributed by atoms with van der Waals surface area (Å²) in [5.41, 5.74) is 2.17. The highest BCUT2D eigenvalue weighted by Gasteiger charge is 2.26. The Hall–Kier alpha value is -2.24. The molecule has 2 aromatic rings. The van der Waals surface area contributed by atoms with E-state index in [0.29, 0.717) is 6.04 Å². The van der Waals surface area contributed by atoms with Crippen LogP contribution in [0.2, 0.25) is 0 Å². The number of aryl methyl sites for hydroxylation is 1. The number of rotatable bonds is 2. The predicted molar refractivity (Wildman–Crippen MR) is 95.3 cm³/mol. The number of aromatic nitrogens is 2. The van der Waals surface area contributed by atoms with Gasteiger partial charge in [-0.3, -0.25) is 0 Å². The Balaban J connectivity index is 1.40. The summed E-state index contributed by atoms with van der Waals surface area (Å²) in [6.07, 6.45) is 4.74. The third-order valence-corrected chi connectivity index (χ3v) is 5.30. The summed E-state index contributed by atoms with van der Waals surface area (Å²) in [7, 11) is 2.06. The van der Waals surface area contributed by atoms with E-state index < -0.39 is 0 Å². The maximum absolute atomic E-state index is 12.4. The summed E-state index contributed by atoms with van der Waals surface area (Å²) in [6.45, 7) is 3.16. The number of nitrogens with zero attached hydrogens (tertiary/aromatic N) is 4. The molecule has 0 bridgehead atoms. The molecule has 4 rings (SSSR count). The van der Waals surface area contributed by atoms with Gasteiger partial charge in [0.2, 0.25) is 5.95 Å². The maximum Gasteiger partial charge on any atom is 0.317 e. The summed E-state index contributed by atoms with van der Waals surface area (Å²) >= 11 is 0. The average molecular weight is 327 g/mol. The number of imidazole rings is 1. The van der Waals surface area contributed by atoms with Gasteiger partial charge < -0.3 is 19.7 Å². The first-order valence-corrected chi connectivity index (χ1v) is 8.94. The van der Waals surface area contributed by atoms with E-state index in [1.54, 1.807) is 0 Å². The Morgan fingerprint density at radius 3 is 2.54 bits per heavy atom. The summed E-state index contributed by atoms with van der Waals surface area (Å²) in [6, 6.07) is 8.69. The van der Waals surface area contributed by atoms with Gasteiger partial charge in [-0.2, -0.15) is 0 Å². The predicted octanol–water partition coefficient (Wildman–Crippen LogP) is 2.35. The highest BCUT2D eigenvalue weighted by atomic mass is 16.2. The summed E-state index contributed by atoms with van der Waals surface area (Å²) in [4.78, 5) is 21.4. The standard InChI is InChI=1S/C18H25N5O/c1-21-16-9-5-4-8-15(16)20-17(21)22-10-12-23(13-11-22)18(24)19-14-6-2-3-7-14/h4-5,8-9,14H,2-3,6-7,10-13H2,1H3,(H,19,24). The second kappa shape index (κ2) is 6.34. The molecule has 128 valence electrons. The molecule has 2 aliphatic rings. The number of piperazine rings is 1. The fraction of sp³-hybridized carbons (Fsp3) is 0.556. The Bertz CT molecular complexity index is 726. The monoisotopic (exact) mass is 327 g/mol. The number of hydrogen-bond donors (Lipinski definition) is 1. The normalized spacial score (nSPS) is 19.2. The molecule has 1 N–H and O–H groups in total. The van der Waals surface area contributed by atoms with Crippen molar-refractivity contribution >= 4 is 23.0 Å². The highest BCUT2D eigenvalue weighted by Crippen LogP contribution is 2.22. The molecular formula is C18H25N5O. The summed E-state index contributed by atoms with van der Waals surface area (Å²) < 4.78 is 2.14. The van der Waals surface area contributed by atoms with Gasteiger partial charge in [0.25, 0.3) is 0 Å². The minimum atomic E-state index is 0.103. The molecule has 2 amide bonds. The minimum Gasteiger partial charge on any atom is -0.339 e. The van der Waals surface area contributed by atoms with Crippen LogP contribution in [0.1, 0.15) is 25.7 Å². The van der Waals surface area contributed by atoms with Crippen molar-refractivity contribution in [3.05, 3.63) is 24.3 Å². The smallest absolute Gasteiger partial charge is 0.317 e. The van der Waals surface area contributed by atoms with Gasteiger partial charge in [0.05, 0.1) is 11.0 Å². The molecule has 0 radical (unpaired) electrons. The van der Waals surface area contributed by atoms with Crippen molar-refractivity contribution in [3.63, 3.8) is 0 Å². The minimum absolute atomic E-state index is 0.103. The van der Waals surface area contributed by atoms with Crippen LogP contribution in [0.5, 0.6) is 0 Å². The summed E-state index contributed by atoms with van der Waals surface area (Å²) in [5, 5.41) is 3.18. The van der Waals surface area contributed by atoms with Crippen molar-refractivity contribution in [1.29, 1.82) is 0 Å². The molecule has 24 heavy (non-hydrogen) atoms. The second-order valence-electron chi connectivity index (χ2n) is 6.86. The molecule has 1 saturated heterocycles. The molecule has 1 aromatic heterocycles. The van der Waals surface area contributed by atoms with Gasteiger partial charge in [-0.25, -0.2) is 9.78 Å². The third kappa shape index (κ3) is 2.81. The fourth-order valence-electron chi connectivity index (χ4n) is 3.86. The van der Waals surface area contributed by atoms with E-state index in [4.69, 9.17) is 4.98 Å². The molecule has 0 atom stereocenters. The lowest BCUT2D eigenvalue weighted by Crippen LogP contribution is -2.53. The van der Waals surface area contributed by atoms with Crippen LogP contribution in [0, 0.1) is 0 Å². The zero-order valence-corrected chi connectivity index (χ0v) is 14.2. The number of urea groups is 1. The second-order valence-corrected chi connectivity index (χ2v) is 6.86. The molecule has 2 fully saturated rings. The van der Waals surface area contributed by atoms with E-state index in [1.807, 2.05) is 23.1 Å². The van der Waals surface area contributed by atoms with E-state index >= 15 is 0 Å². The van der Waals surface area contributed by atoms with Gasteiger partial charge in [-0.05, 0) is 25.0 Å². The van der Waals surface area contributed by atoms with Crippen LogP contribution in [0.4, 0.5) is 10.7 Å². The first-order valence-electron chi connectivity index (χ1n) is 8.94. The molecule has 6 nitrogen and oxygen atoms in total. The van der Waals surface area contributed by atoms with E-state index in [1.165, 1.54) is 12.8 Å². The molecule has 1 saturated carbocycles. The largest absolute Gasteiger partial charge is 0.339 e. The van der Waals surface area contributed by atoms with Crippen molar-refractivity contribution in [3.8, 4) is 0 Å². The Labute approximate surface area is 142 Å². The van der Waals surface area contributed by atoms with Crippen molar-refractivity contribution in [2.45, 2.75) is 31.7 Å². The van der Waals surface area contributed by atoms with E-state index in [0.717, 1.165) is 56.0 Å². The molecule has 6 heteroatoms. The number of para-hydroxylation sites is 2. The fourth-order valence-corrected chi connectivity index (χ4v) is 3.86. The van der Waals surface area contributed by atoms with Gasteiger partial charge in [0, 0.05) is 39.3 Å². The van der Waals surface area contributed by atoms with Gasteiger partial charge in [0.15, 0.2) is 0 Å². The van der Waals surface area contributed by atoms with E-state index in [-0.39, 0.29) is 6.03 Å². The lowest BCUT2D eigenvalue weighted by atomic mass is 10.2. The third-order valence-electron chi connectivity index (χ3n) is 5.30. The Morgan fingerprint density at radius 2 is 1.83 bits per heavy atom. The van der Waals surface area contributed by atoms with Gasteiger partial charge in [0.1, 0.15) is 0 Å². The van der Waals surface area contributed by atoms with Crippen LogP contribution in [0.15, 0.2) is 24.3 Å². The van der Waals surface area contributed by atoms with Crippen molar-refractivity contribution in [2.75, 3.05) is 31.1 Å². The molecule has 1 aliphatic carbocycles. The SMILES string of the molecule is Cn1c(N2CCN(C(=O)NC3CCCC3)CC2)nc2ccccc21. The van der Waals surface area contributed by atoms with Gasteiger partial charge in [-0.15, -0.1) is 0 Å². The van der Waals surface area contributed by atoms with E-state index in [9.17, 15) is 4.79 Å². The quantitative estimate of drug-likeness (QED) is 0.921. The van der Waals surface area contributed by atoms with Gasteiger partial charge >= 0.3 is 6.03 Å². The molecule has 1 aromatic carbocycles. The van der Waals surface area contributed by atoms with Crippen molar-refractivity contribution in [1.82, 2.24) is 19.8 Å². The molecular weight excluding hydrogens is 302 g/mol. The van der Waals surface area contributed by atoms with Crippen LogP contribution in [-0.4, -0.2) is 52.7 Å². The van der Waals surface area contributed by atoms with Crippen LogP contribution < -0.4 is 10.2 Å². The van der Waals surface area contributed by atoms with Crippen LogP contribution in [-0.2, 0) is 7.05 Å². The average Bonchev–Trinajstić information content (AvgIpc) is 3.23. The maximum atomic E-state index is 12.4. The first kappa shape index (κ1) is 15.3. The zero-order chi connectivity index (χ0) is 16.5. The zero-order valence-electron chi connectivity index (χ0n) is 14.2. The lowest BCUT2D eigenvalue weighted by molar-refractivity contribution is 0.190. The first-order chi connectivity index (χ1) is 11.7. The van der Waals surface area contributed by atoms with Crippen molar-refractivity contribution < 1.29 is 4.79 Å². The lowest BCUT2D eigenvalue weighted by Gasteiger charge is -2.35. The number of carbonyl (C=O) groups is 1. The van der Waals surface area contributed by atoms with E-state index in [2.05, 4.69) is 27.9 Å². The molecule has 1 aliphatic heterocycles. The van der Waals surface area contributed by atoms with Crippen LogP contribution in [0.3, 0.4) is 0 Å². The van der Waals surface area contributed by atoms with Crippen LogP contribution in [0.25, 0.3) is 11.0 Å². The topological polar surface area (TPSA) is 53.4 Å². The van der Waals surface area contributed by atoms with Crippen LogP contribution >= 0.6 is 0 Å². The molecule has 0 spiro atoms. The Kier molecular flexibility index (Phi) is 4.04. The molecule has 2 heterocycles. The summed E-state index contributed by atoms with van der Waals surface area (Å²) in [5.74, 6) is 0.993. The number of benzene rings is 1. The van der Waals surface area contributed by atoms with Gasteiger partial charge in [-0.1, -0.05) is 25.0 Å². The number of amides is 2. The number of hydrogen-bond acceptors (Lipinski definition) is 3. The Morgan fingerprint density at radius 1 is 1.12 bits per heavy atom. The number of carbonyl (C=O) groups excluding carboxylic acids is 1. The molecule has 0 unspecified atom stereocenters. The highest BCUT2D eigenvalue weighted by molar-refractivity contribution is 5.79. The number of anilines is 1. The number of nitrogens with one attached hydrogen (secondary N) is 1.